The van der Waals surface area contributed by atoms with Crippen LogP contribution in [0.15, 0.2) is 47.5 Å². The van der Waals surface area contributed by atoms with Gasteiger partial charge in [0.1, 0.15) is 5.01 Å². The molecule has 1 heterocycles. The standard InChI is InChI=1S/C18H17ClN2O2S2/c1-11-8-17(12(2)7-16(11)19)21-25(22,23)15-6-4-5-14(9-15)18-20-10-13(3)24-18/h4-10,21H,1-3H3. The number of halogens is 1. The summed E-state index contributed by atoms with van der Waals surface area (Å²) < 4.78 is 28.2. The van der Waals surface area contributed by atoms with E-state index in [2.05, 4.69) is 9.71 Å². The lowest BCUT2D eigenvalue weighted by molar-refractivity contribution is 0.601. The van der Waals surface area contributed by atoms with E-state index in [0.717, 1.165) is 26.6 Å². The van der Waals surface area contributed by atoms with E-state index in [1.807, 2.05) is 26.8 Å². The minimum Gasteiger partial charge on any atom is -0.279 e. The predicted octanol–water partition coefficient (Wildman–Crippen LogP) is 5.19. The van der Waals surface area contributed by atoms with Crippen LogP contribution in [0.1, 0.15) is 16.0 Å². The number of sulfonamides is 1. The molecule has 0 aliphatic carbocycles. The molecule has 0 spiro atoms. The first kappa shape index (κ1) is 17.9. The van der Waals surface area contributed by atoms with E-state index in [4.69, 9.17) is 11.6 Å². The van der Waals surface area contributed by atoms with Crippen LogP contribution in [0.5, 0.6) is 0 Å². The van der Waals surface area contributed by atoms with Gasteiger partial charge in [-0.1, -0.05) is 23.7 Å². The maximum absolute atomic E-state index is 12.8. The molecule has 1 N–H and O–H groups in total. The summed E-state index contributed by atoms with van der Waals surface area (Å²) >= 11 is 7.61. The zero-order valence-electron chi connectivity index (χ0n) is 14.0. The molecule has 0 fully saturated rings. The maximum atomic E-state index is 12.8. The Bertz CT molecular complexity index is 1040. The van der Waals surface area contributed by atoms with Crippen LogP contribution in [0.3, 0.4) is 0 Å². The fraction of sp³-hybridized carbons (Fsp3) is 0.167. The number of anilines is 1. The molecule has 130 valence electrons. The van der Waals surface area contributed by atoms with E-state index < -0.39 is 10.0 Å². The fourth-order valence-electron chi connectivity index (χ4n) is 2.38. The molecule has 0 bridgehead atoms. The molecule has 0 radical (unpaired) electrons. The number of aromatic nitrogens is 1. The van der Waals surface area contributed by atoms with Gasteiger partial charge in [-0.05, 0) is 56.2 Å². The summed E-state index contributed by atoms with van der Waals surface area (Å²) in [4.78, 5) is 5.59. The van der Waals surface area contributed by atoms with Gasteiger partial charge in [-0.3, -0.25) is 4.72 Å². The summed E-state index contributed by atoms with van der Waals surface area (Å²) in [6, 6.07) is 10.3. The number of nitrogens with one attached hydrogen (secondary N) is 1. The second-order valence-electron chi connectivity index (χ2n) is 5.83. The van der Waals surface area contributed by atoms with Crippen LogP contribution in [0.4, 0.5) is 5.69 Å². The van der Waals surface area contributed by atoms with Crippen LogP contribution >= 0.6 is 22.9 Å². The quantitative estimate of drug-likeness (QED) is 0.664. The largest absolute Gasteiger partial charge is 0.279 e. The van der Waals surface area contributed by atoms with Crippen LogP contribution in [0, 0.1) is 20.8 Å². The Kier molecular flexibility index (Phi) is 4.86. The normalized spacial score (nSPS) is 11.5. The highest BCUT2D eigenvalue weighted by Gasteiger charge is 2.17. The van der Waals surface area contributed by atoms with Crippen LogP contribution in [-0.2, 0) is 10.0 Å². The molecule has 0 saturated heterocycles. The third-order valence-electron chi connectivity index (χ3n) is 3.76. The Morgan fingerprint density at radius 1 is 1.08 bits per heavy atom. The number of hydrogen-bond acceptors (Lipinski definition) is 4. The van der Waals surface area contributed by atoms with Crippen molar-refractivity contribution < 1.29 is 8.42 Å². The molecule has 0 aliphatic heterocycles. The van der Waals surface area contributed by atoms with Crippen molar-refractivity contribution in [1.29, 1.82) is 0 Å². The van der Waals surface area contributed by atoms with Crippen molar-refractivity contribution in [2.45, 2.75) is 25.7 Å². The Morgan fingerprint density at radius 3 is 2.52 bits per heavy atom. The maximum Gasteiger partial charge on any atom is 0.261 e. The van der Waals surface area contributed by atoms with Crippen molar-refractivity contribution in [3.05, 3.63) is 63.6 Å². The molecule has 1 aromatic heterocycles. The molecule has 7 heteroatoms. The molecule has 0 unspecified atom stereocenters. The van der Waals surface area contributed by atoms with Crippen LogP contribution in [0.2, 0.25) is 5.02 Å². The lowest BCUT2D eigenvalue weighted by atomic mass is 10.1. The zero-order valence-corrected chi connectivity index (χ0v) is 16.4. The summed E-state index contributed by atoms with van der Waals surface area (Å²) in [5.41, 5.74) is 2.89. The third kappa shape index (κ3) is 3.86. The Labute approximate surface area is 156 Å². The van der Waals surface area contributed by atoms with Crippen molar-refractivity contribution in [3.8, 4) is 10.6 Å². The number of benzene rings is 2. The lowest BCUT2D eigenvalue weighted by Gasteiger charge is -2.13. The molecule has 0 atom stereocenters. The second kappa shape index (κ2) is 6.78. The fourth-order valence-corrected chi connectivity index (χ4v) is 4.53. The zero-order chi connectivity index (χ0) is 18.2. The number of aryl methyl sites for hydroxylation is 3. The summed E-state index contributed by atoms with van der Waals surface area (Å²) in [5, 5.41) is 1.41. The van der Waals surface area contributed by atoms with Gasteiger partial charge in [0.2, 0.25) is 0 Å². The predicted molar refractivity (Wildman–Crippen MR) is 104 cm³/mol. The average Bonchev–Trinajstić information content (AvgIpc) is 2.99. The molecule has 3 rings (SSSR count). The van der Waals surface area contributed by atoms with Gasteiger partial charge in [-0.2, -0.15) is 0 Å². The van der Waals surface area contributed by atoms with E-state index >= 15 is 0 Å². The molecule has 0 amide bonds. The minimum atomic E-state index is -3.71. The molecule has 25 heavy (non-hydrogen) atoms. The van der Waals surface area contributed by atoms with Gasteiger partial charge in [0, 0.05) is 21.7 Å². The van der Waals surface area contributed by atoms with Gasteiger partial charge in [0.25, 0.3) is 10.0 Å². The van der Waals surface area contributed by atoms with Gasteiger partial charge in [0.15, 0.2) is 0 Å². The Balaban J connectivity index is 1.97. The summed E-state index contributed by atoms with van der Waals surface area (Å²) in [7, 11) is -3.71. The molecule has 2 aromatic carbocycles. The molecule has 0 saturated carbocycles. The van der Waals surface area contributed by atoms with Gasteiger partial charge in [-0.15, -0.1) is 11.3 Å². The summed E-state index contributed by atoms with van der Waals surface area (Å²) in [6.45, 7) is 5.62. The van der Waals surface area contributed by atoms with E-state index in [9.17, 15) is 8.42 Å². The first-order chi connectivity index (χ1) is 11.8. The molecular weight excluding hydrogens is 376 g/mol. The van der Waals surface area contributed by atoms with E-state index in [1.165, 1.54) is 11.3 Å². The minimum absolute atomic E-state index is 0.199. The monoisotopic (exact) mass is 392 g/mol. The van der Waals surface area contributed by atoms with Crippen molar-refractivity contribution in [1.82, 2.24) is 4.98 Å². The molecule has 3 aromatic rings. The van der Waals surface area contributed by atoms with Gasteiger partial charge in [-0.25, -0.2) is 13.4 Å². The van der Waals surface area contributed by atoms with Crippen LogP contribution in [0.25, 0.3) is 10.6 Å². The van der Waals surface area contributed by atoms with Crippen LogP contribution < -0.4 is 4.72 Å². The van der Waals surface area contributed by atoms with Gasteiger partial charge >= 0.3 is 0 Å². The van der Waals surface area contributed by atoms with Crippen molar-refractivity contribution >= 4 is 38.6 Å². The second-order valence-corrected chi connectivity index (χ2v) is 9.15. The highest BCUT2D eigenvalue weighted by Crippen LogP contribution is 2.29. The first-order valence-corrected chi connectivity index (χ1v) is 10.3. The van der Waals surface area contributed by atoms with Gasteiger partial charge in [0.05, 0.1) is 10.6 Å². The summed E-state index contributed by atoms with van der Waals surface area (Å²) in [6.07, 6.45) is 1.78. The highest BCUT2D eigenvalue weighted by atomic mass is 35.5. The van der Waals surface area contributed by atoms with E-state index in [1.54, 1.807) is 36.5 Å². The van der Waals surface area contributed by atoms with E-state index in [-0.39, 0.29) is 4.90 Å². The Hall–Kier alpha value is -1.89. The molecule has 0 aliphatic rings. The third-order valence-corrected chi connectivity index (χ3v) is 6.49. The van der Waals surface area contributed by atoms with E-state index in [0.29, 0.717) is 10.7 Å². The number of nitrogens with zero attached hydrogens (tertiary/aromatic N) is 1. The van der Waals surface area contributed by atoms with Crippen LogP contribution in [-0.4, -0.2) is 13.4 Å². The topological polar surface area (TPSA) is 59.1 Å². The number of hydrogen-bond donors (Lipinski definition) is 1. The SMILES string of the molecule is Cc1cnc(-c2cccc(S(=O)(=O)Nc3cc(C)c(Cl)cc3C)c2)s1. The number of thiazole rings is 1. The smallest absolute Gasteiger partial charge is 0.261 e. The van der Waals surface area contributed by atoms with Gasteiger partial charge < -0.3 is 0 Å². The van der Waals surface area contributed by atoms with Crippen molar-refractivity contribution in [3.63, 3.8) is 0 Å². The van der Waals surface area contributed by atoms with Crippen molar-refractivity contribution in [2.75, 3.05) is 4.72 Å². The molecular formula is C18H17ClN2O2S2. The average molecular weight is 393 g/mol. The van der Waals surface area contributed by atoms with Crippen molar-refractivity contribution in [2.24, 2.45) is 0 Å². The lowest BCUT2D eigenvalue weighted by Crippen LogP contribution is -2.14. The Morgan fingerprint density at radius 2 is 1.84 bits per heavy atom. The first-order valence-electron chi connectivity index (χ1n) is 7.59. The number of rotatable bonds is 4. The molecule has 4 nitrogen and oxygen atoms in total. The summed E-state index contributed by atoms with van der Waals surface area (Å²) in [5.74, 6) is 0. The highest BCUT2D eigenvalue weighted by molar-refractivity contribution is 7.92.